The predicted molar refractivity (Wildman–Crippen MR) is 79.5 cm³/mol. The Labute approximate surface area is 124 Å². The van der Waals surface area contributed by atoms with Crippen molar-refractivity contribution in [2.75, 3.05) is 7.11 Å². The van der Waals surface area contributed by atoms with Crippen molar-refractivity contribution in [2.24, 2.45) is 0 Å². The number of methoxy groups -OCH3 is 1. The average molecular weight is 300 g/mol. The summed E-state index contributed by atoms with van der Waals surface area (Å²) in [5, 5.41) is 29.7. The first-order valence-corrected chi connectivity index (χ1v) is 6.38. The van der Waals surface area contributed by atoms with E-state index in [1.807, 2.05) is 0 Å². The predicted octanol–water partition coefficient (Wildman–Crippen LogP) is 2.59. The summed E-state index contributed by atoms with van der Waals surface area (Å²) < 4.78 is 10.1. The maximum Gasteiger partial charge on any atom is 0.294 e. The molecule has 0 bridgehead atoms. The van der Waals surface area contributed by atoms with Crippen LogP contribution in [-0.2, 0) is 0 Å². The lowest BCUT2D eigenvalue weighted by atomic mass is 10.0. The molecule has 22 heavy (non-hydrogen) atoms. The third-order valence-electron chi connectivity index (χ3n) is 3.36. The summed E-state index contributed by atoms with van der Waals surface area (Å²) in [6, 6.07) is 9.63. The topological polar surface area (TPSA) is 100 Å². The molecule has 0 aliphatic heterocycles. The quantitative estimate of drug-likeness (QED) is 0.629. The molecule has 1 aromatic heterocycles. The first-order valence-electron chi connectivity index (χ1n) is 6.38. The number of rotatable bonds is 2. The second-order valence-corrected chi connectivity index (χ2v) is 4.63. The molecule has 2 aromatic carbocycles. The Morgan fingerprint density at radius 3 is 2.36 bits per heavy atom. The van der Waals surface area contributed by atoms with E-state index in [1.165, 1.54) is 13.2 Å². The molecule has 6 heteroatoms. The standard InChI is InChI=1S/C16H12O6/c1-21-10-7-9-12(15(19)13(10)17)14(18)11(16(20)22-9)8-5-3-2-4-6-8/h2-7,17,19-20H,1H3. The number of phenolic OH excluding ortho intramolecular Hbond substituents is 2. The molecule has 0 spiro atoms. The van der Waals surface area contributed by atoms with E-state index >= 15 is 0 Å². The summed E-state index contributed by atoms with van der Waals surface area (Å²) in [7, 11) is 1.29. The van der Waals surface area contributed by atoms with Gasteiger partial charge in [-0.3, -0.25) is 4.79 Å². The second-order valence-electron chi connectivity index (χ2n) is 4.63. The number of aromatic hydroxyl groups is 3. The van der Waals surface area contributed by atoms with Gasteiger partial charge < -0.3 is 24.5 Å². The molecule has 0 amide bonds. The maximum atomic E-state index is 12.6. The van der Waals surface area contributed by atoms with Crippen LogP contribution < -0.4 is 10.2 Å². The van der Waals surface area contributed by atoms with E-state index in [2.05, 4.69) is 0 Å². The van der Waals surface area contributed by atoms with Crippen LogP contribution in [-0.4, -0.2) is 22.4 Å². The van der Waals surface area contributed by atoms with E-state index in [4.69, 9.17) is 9.15 Å². The molecule has 112 valence electrons. The molecule has 3 rings (SSSR count). The highest BCUT2D eigenvalue weighted by molar-refractivity contribution is 5.92. The van der Waals surface area contributed by atoms with Crippen molar-refractivity contribution in [3.8, 4) is 34.3 Å². The highest BCUT2D eigenvalue weighted by atomic mass is 16.5. The van der Waals surface area contributed by atoms with Gasteiger partial charge in [0.25, 0.3) is 5.95 Å². The van der Waals surface area contributed by atoms with Crippen LogP contribution in [0.3, 0.4) is 0 Å². The lowest BCUT2D eigenvalue weighted by Crippen LogP contribution is -2.06. The molecule has 0 radical (unpaired) electrons. The highest BCUT2D eigenvalue weighted by Crippen LogP contribution is 2.42. The van der Waals surface area contributed by atoms with Crippen molar-refractivity contribution in [1.29, 1.82) is 0 Å². The summed E-state index contributed by atoms with van der Waals surface area (Å²) in [6.07, 6.45) is 0. The lowest BCUT2D eigenvalue weighted by molar-refractivity contribution is 0.335. The van der Waals surface area contributed by atoms with Gasteiger partial charge in [0, 0.05) is 6.07 Å². The van der Waals surface area contributed by atoms with Crippen LogP contribution in [0.15, 0.2) is 45.6 Å². The van der Waals surface area contributed by atoms with Crippen molar-refractivity contribution in [2.45, 2.75) is 0 Å². The smallest absolute Gasteiger partial charge is 0.294 e. The number of hydrogen-bond acceptors (Lipinski definition) is 6. The monoisotopic (exact) mass is 300 g/mol. The van der Waals surface area contributed by atoms with E-state index in [9.17, 15) is 20.1 Å². The summed E-state index contributed by atoms with van der Waals surface area (Å²) in [6.45, 7) is 0. The summed E-state index contributed by atoms with van der Waals surface area (Å²) >= 11 is 0. The summed E-state index contributed by atoms with van der Waals surface area (Å²) in [4.78, 5) is 12.6. The molecule has 0 saturated heterocycles. The third-order valence-corrected chi connectivity index (χ3v) is 3.36. The molecule has 6 nitrogen and oxygen atoms in total. The van der Waals surface area contributed by atoms with Crippen molar-refractivity contribution in [3.05, 3.63) is 46.6 Å². The van der Waals surface area contributed by atoms with Crippen molar-refractivity contribution in [1.82, 2.24) is 0 Å². The van der Waals surface area contributed by atoms with Gasteiger partial charge in [0.15, 0.2) is 11.5 Å². The average Bonchev–Trinajstić information content (AvgIpc) is 2.51. The van der Waals surface area contributed by atoms with Gasteiger partial charge in [-0.1, -0.05) is 30.3 Å². The minimum atomic E-state index is -0.653. The van der Waals surface area contributed by atoms with Gasteiger partial charge in [-0.15, -0.1) is 0 Å². The van der Waals surface area contributed by atoms with Gasteiger partial charge in [0.2, 0.25) is 11.2 Å². The molecule has 0 aliphatic rings. The van der Waals surface area contributed by atoms with E-state index in [1.54, 1.807) is 30.3 Å². The number of phenols is 2. The molecule has 0 aliphatic carbocycles. The van der Waals surface area contributed by atoms with Crippen LogP contribution in [0.1, 0.15) is 0 Å². The molecule has 3 aromatic rings. The molecule has 3 N–H and O–H groups in total. The Hall–Kier alpha value is -3.15. The van der Waals surface area contributed by atoms with Crippen molar-refractivity contribution < 1.29 is 24.5 Å². The maximum absolute atomic E-state index is 12.6. The Kier molecular flexibility index (Phi) is 3.14. The van der Waals surface area contributed by atoms with Gasteiger partial charge in [0.05, 0.1) is 7.11 Å². The van der Waals surface area contributed by atoms with Gasteiger partial charge in [0.1, 0.15) is 16.5 Å². The molecule has 0 fully saturated rings. The van der Waals surface area contributed by atoms with Crippen LogP contribution in [0.4, 0.5) is 0 Å². The fraction of sp³-hybridized carbons (Fsp3) is 0.0625. The molecular weight excluding hydrogens is 288 g/mol. The lowest BCUT2D eigenvalue weighted by Gasteiger charge is -2.10. The second kappa shape index (κ2) is 5.00. The summed E-state index contributed by atoms with van der Waals surface area (Å²) in [5.41, 5.74) is -0.395. The van der Waals surface area contributed by atoms with E-state index < -0.39 is 22.9 Å². The van der Waals surface area contributed by atoms with Crippen molar-refractivity contribution in [3.63, 3.8) is 0 Å². The molecule has 0 saturated carbocycles. The van der Waals surface area contributed by atoms with Gasteiger partial charge >= 0.3 is 0 Å². The number of ether oxygens (including phenoxy) is 1. The zero-order valence-electron chi connectivity index (χ0n) is 11.5. The summed E-state index contributed by atoms with van der Waals surface area (Å²) in [5.74, 6) is -1.86. The molecule has 1 heterocycles. The largest absolute Gasteiger partial charge is 0.504 e. The SMILES string of the molecule is COc1cc2oc(O)c(-c3ccccc3)c(=O)c2c(O)c1O. The highest BCUT2D eigenvalue weighted by Gasteiger charge is 2.22. The number of hydrogen-bond donors (Lipinski definition) is 3. The zero-order valence-corrected chi connectivity index (χ0v) is 11.5. The van der Waals surface area contributed by atoms with Crippen LogP contribution >= 0.6 is 0 Å². The zero-order chi connectivity index (χ0) is 15.9. The van der Waals surface area contributed by atoms with Crippen LogP contribution in [0, 0.1) is 0 Å². The van der Waals surface area contributed by atoms with Gasteiger partial charge in [-0.25, -0.2) is 0 Å². The Morgan fingerprint density at radius 2 is 1.73 bits per heavy atom. The molecular formula is C16H12O6. The number of fused-ring (bicyclic) bond motifs is 1. The first kappa shape index (κ1) is 13.8. The Bertz CT molecular complexity index is 912. The number of benzene rings is 2. The van der Waals surface area contributed by atoms with Gasteiger partial charge in [-0.05, 0) is 5.56 Å². The van der Waals surface area contributed by atoms with E-state index in [0.29, 0.717) is 5.56 Å². The van der Waals surface area contributed by atoms with E-state index in [-0.39, 0.29) is 22.3 Å². The van der Waals surface area contributed by atoms with Gasteiger partial charge in [-0.2, -0.15) is 0 Å². The van der Waals surface area contributed by atoms with Crippen molar-refractivity contribution >= 4 is 11.0 Å². The first-order chi connectivity index (χ1) is 10.5. The Balaban J connectivity index is 2.44. The fourth-order valence-electron chi connectivity index (χ4n) is 2.30. The minimum absolute atomic E-state index is 0.0694. The Morgan fingerprint density at radius 1 is 1.05 bits per heavy atom. The molecule has 0 atom stereocenters. The third kappa shape index (κ3) is 1.93. The van der Waals surface area contributed by atoms with E-state index in [0.717, 1.165) is 0 Å². The van der Waals surface area contributed by atoms with Crippen LogP contribution in [0.5, 0.6) is 23.2 Å². The minimum Gasteiger partial charge on any atom is -0.504 e. The van der Waals surface area contributed by atoms with Crippen LogP contribution in [0.25, 0.3) is 22.1 Å². The molecule has 0 unspecified atom stereocenters. The van der Waals surface area contributed by atoms with Crippen LogP contribution in [0.2, 0.25) is 0 Å². The normalized spacial score (nSPS) is 10.8. The fourth-order valence-corrected chi connectivity index (χ4v) is 2.30.